The molecular weight excluding hydrogens is 368 g/mol. The van der Waals surface area contributed by atoms with E-state index >= 15 is 0 Å². The van der Waals surface area contributed by atoms with E-state index in [0.29, 0.717) is 28.8 Å². The average molecular weight is 394 g/mol. The van der Waals surface area contributed by atoms with Gasteiger partial charge in [-0.25, -0.2) is 9.67 Å². The number of carbonyl (C=O) groups is 2. The number of pyridine rings is 1. The molecule has 7 heteroatoms. The molecule has 1 amide bonds. The summed E-state index contributed by atoms with van der Waals surface area (Å²) in [6.07, 6.45) is 1.58. The molecule has 1 aromatic carbocycles. The predicted octanol–water partition coefficient (Wildman–Crippen LogP) is 3.92. The number of amides is 1. The maximum atomic E-state index is 13.3. The number of hydrogen-bond donors (Lipinski definition) is 1. The summed E-state index contributed by atoms with van der Waals surface area (Å²) in [4.78, 5) is 30.7. The van der Waals surface area contributed by atoms with Crippen LogP contribution in [0.5, 0.6) is 0 Å². The zero-order valence-electron chi connectivity index (χ0n) is 17.2. The summed E-state index contributed by atoms with van der Waals surface area (Å²) in [5, 5.41) is 14.1. The Morgan fingerprint density at radius 3 is 2.59 bits per heavy atom. The van der Waals surface area contributed by atoms with Crippen LogP contribution in [0, 0.1) is 6.92 Å². The second-order valence-electron chi connectivity index (χ2n) is 7.32. The maximum Gasteiger partial charge on any atom is 0.305 e. The van der Waals surface area contributed by atoms with Crippen LogP contribution in [0.1, 0.15) is 49.2 Å². The highest BCUT2D eigenvalue weighted by molar-refractivity contribution is 6.06. The topological polar surface area (TPSA) is 88.3 Å². The van der Waals surface area contributed by atoms with Crippen molar-refractivity contribution in [2.45, 2.75) is 40.2 Å². The van der Waals surface area contributed by atoms with Crippen molar-refractivity contribution in [1.82, 2.24) is 19.7 Å². The second kappa shape index (κ2) is 8.43. The van der Waals surface area contributed by atoms with Crippen LogP contribution in [0.15, 0.2) is 36.5 Å². The molecule has 0 bridgehead atoms. The fourth-order valence-corrected chi connectivity index (χ4v) is 3.38. The van der Waals surface area contributed by atoms with Crippen LogP contribution < -0.4 is 0 Å². The summed E-state index contributed by atoms with van der Waals surface area (Å²) in [5.41, 5.74) is 3.86. The van der Waals surface area contributed by atoms with Crippen molar-refractivity contribution >= 4 is 22.9 Å². The number of carbonyl (C=O) groups excluding carboxylic acids is 1. The van der Waals surface area contributed by atoms with Gasteiger partial charge in [0.15, 0.2) is 5.65 Å². The Morgan fingerprint density at radius 1 is 1.24 bits per heavy atom. The number of aliphatic carboxylic acids is 1. The fourth-order valence-electron chi connectivity index (χ4n) is 3.38. The molecular formula is C22H26N4O3. The Bertz CT molecular complexity index is 1060. The summed E-state index contributed by atoms with van der Waals surface area (Å²) < 4.78 is 1.81. The van der Waals surface area contributed by atoms with Crippen LogP contribution in [-0.4, -0.2) is 49.7 Å². The van der Waals surface area contributed by atoms with Gasteiger partial charge in [0.25, 0.3) is 5.91 Å². The van der Waals surface area contributed by atoms with Gasteiger partial charge < -0.3 is 10.0 Å². The molecule has 0 aliphatic rings. The minimum absolute atomic E-state index is 0.0874. The highest BCUT2D eigenvalue weighted by Gasteiger charge is 2.22. The average Bonchev–Trinajstić information content (AvgIpc) is 3.12. The summed E-state index contributed by atoms with van der Waals surface area (Å²) in [6.45, 7) is 8.47. The van der Waals surface area contributed by atoms with Gasteiger partial charge in [-0.3, -0.25) is 9.59 Å². The van der Waals surface area contributed by atoms with Gasteiger partial charge in [0.1, 0.15) is 0 Å². The van der Waals surface area contributed by atoms with Crippen LogP contribution in [0.25, 0.3) is 22.3 Å². The number of benzene rings is 1. The normalized spacial score (nSPS) is 11.2. The Hall–Kier alpha value is -3.22. The number of nitrogens with zero attached hydrogens (tertiary/aromatic N) is 4. The lowest BCUT2D eigenvalue weighted by atomic mass is 10.0. The van der Waals surface area contributed by atoms with Crippen LogP contribution in [0.4, 0.5) is 0 Å². The second-order valence-corrected chi connectivity index (χ2v) is 7.32. The Morgan fingerprint density at radius 2 is 1.97 bits per heavy atom. The third kappa shape index (κ3) is 4.13. The number of aromatic nitrogens is 3. The molecule has 29 heavy (non-hydrogen) atoms. The van der Waals surface area contributed by atoms with E-state index in [-0.39, 0.29) is 24.9 Å². The van der Waals surface area contributed by atoms with Gasteiger partial charge in [0.2, 0.25) is 0 Å². The molecule has 3 rings (SSSR count). The largest absolute Gasteiger partial charge is 0.481 e. The Labute approximate surface area is 170 Å². The van der Waals surface area contributed by atoms with Crippen LogP contribution in [0.2, 0.25) is 0 Å². The van der Waals surface area contributed by atoms with Gasteiger partial charge in [-0.05, 0) is 39.3 Å². The van der Waals surface area contributed by atoms with Gasteiger partial charge in [0.05, 0.1) is 29.3 Å². The number of aryl methyl sites for hydroxylation is 1. The third-order valence-corrected chi connectivity index (χ3v) is 4.97. The van der Waals surface area contributed by atoms with Crippen LogP contribution >= 0.6 is 0 Å². The van der Waals surface area contributed by atoms with Crippen molar-refractivity contribution in [2.75, 3.05) is 13.1 Å². The first-order valence-corrected chi connectivity index (χ1v) is 9.78. The monoisotopic (exact) mass is 394 g/mol. The molecule has 0 saturated carbocycles. The molecule has 0 saturated heterocycles. The van der Waals surface area contributed by atoms with E-state index in [1.807, 2.05) is 52.0 Å². The summed E-state index contributed by atoms with van der Waals surface area (Å²) in [7, 11) is 0. The quantitative estimate of drug-likeness (QED) is 0.656. The number of carboxylic acid groups (broad SMARTS) is 1. The number of rotatable bonds is 7. The molecule has 2 heterocycles. The van der Waals surface area contributed by atoms with E-state index in [0.717, 1.165) is 11.1 Å². The summed E-state index contributed by atoms with van der Waals surface area (Å²) in [5.74, 6) is -1.14. The highest BCUT2D eigenvalue weighted by Crippen LogP contribution is 2.29. The summed E-state index contributed by atoms with van der Waals surface area (Å²) in [6, 6.07) is 9.78. The van der Waals surface area contributed by atoms with Crippen LogP contribution in [0.3, 0.4) is 0 Å². The van der Waals surface area contributed by atoms with E-state index in [9.17, 15) is 9.59 Å². The lowest BCUT2D eigenvalue weighted by Crippen LogP contribution is -2.33. The lowest BCUT2D eigenvalue weighted by Gasteiger charge is -2.21. The van der Waals surface area contributed by atoms with Crippen LogP contribution in [-0.2, 0) is 4.79 Å². The van der Waals surface area contributed by atoms with Crippen molar-refractivity contribution in [3.8, 4) is 11.3 Å². The first kappa shape index (κ1) is 20.5. The molecule has 152 valence electrons. The molecule has 0 aliphatic heterocycles. The van der Waals surface area contributed by atoms with E-state index < -0.39 is 5.97 Å². The van der Waals surface area contributed by atoms with Gasteiger partial charge in [-0.15, -0.1) is 0 Å². The molecule has 3 aromatic rings. The number of carboxylic acids is 1. The van der Waals surface area contributed by atoms with E-state index in [4.69, 9.17) is 10.1 Å². The van der Waals surface area contributed by atoms with E-state index in [1.165, 1.54) is 0 Å². The minimum atomic E-state index is -0.927. The van der Waals surface area contributed by atoms with Crippen molar-refractivity contribution in [2.24, 2.45) is 0 Å². The predicted molar refractivity (Wildman–Crippen MR) is 112 cm³/mol. The SMILES string of the molecule is CCN(CCC(=O)O)C(=O)c1cc(-c2ccccc2C)nc2c1cnn2C(C)C. The van der Waals surface area contributed by atoms with Crippen molar-refractivity contribution in [3.63, 3.8) is 0 Å². The van der Waals surface area contributed by atoms with Crippen molar-refractivity contribution in [3.05, 3.63) is 47.7 Å². The molecule has 7 nitrogen and oxygen atoms in total. The van der Waals surface area contributed by atoms with Crippen molar-refractivity contribution in [1.29, 1.82) is 0 Å². The smallest absolute Gasteiger partial charge is 0.305 e. The molecule has 0 unspecified atom stereocenters. The number of hydrogen-bond acceptors (Lipinski definition) is 4. The maximum absolute atomic E-state index is 13.3. The van der Waals surface area contributed by atoms with Gasteiger partial charge >= 0.3 is 5.97 Å². The zero-order chi connectivity index (χ0) is 21.1. The van der Waals surface area contributed by atoms with Gasteiger partial charge in [-0.2, -0.15) is 5.10 Å². The van der Waals surface area contributed by atoms with E-state index in [2.05, 4.69) is 5.10 Å². The molecule has 1 N–H and O–H groups in total. The minimum Gasteiger partial charge on any atom is -0.481 e. The molecule has 0 aliphatic carbocycles. The molecule has 0 spiro atoms. The van der Waals surface area contributed by atoms with Crippen molar-refractivity contribution < 1.29 is 14.7 Å². The number of fused-ring (bicyclic) bond motifs is 1. The molecule has 2 aromatic heterocycles. The molecule has 0 radical (unpaired) electrons. The van der Waals surface area contributed by atoms with E-state index in [1.54, 1.807) is 21.8 Å². The van der Waals surface area contributed by atoms with Gasteiger partial charge in [-0.1, -0.05) is 24.3 Å². The Kier molecular flexibility index (Phi) is 5.96. The first-order chi connectivity index (χ1) is 13.8. The highest BCUT2D eigenvalue weighted by atomic mass is 16.4. The fraction of sp³-hybridized carbons (Fsp3) is 0.364. The zero-order valence-corrected chi connectivity index (χ0v) is 17.2. The summed E-state index contributed by atoms with van der Waals surface area (Å²) >= 11 is 0. The third-order valence-electron chi connectivity index (χ3n) is 4.97. The Balaban J connectivity index is 2.18. The molecule has 0 fully saturated rings. The molecule has 0 atom stereocenters. The standard InChI is InChI=1S/C22H26N4O3/c1-5-25(11-10-20(27)28)22(29)17-12-19(16-9-7-6-8-15(16)4)24-21-18(17)13-23-26(21)14(2)3/h6-9,12-14H,5,10-11H2,1-4H3,(H,27,28). The van der Waals surface area contributed by atoms with Gasteiger partial charge in [0, 0.05) is 24.7 Å². The lowest BCUT2D eigenvalue weighted by molar-refractivity contribution is -0.137. The first-order valence-electron chi connectivity index (χ1n) is 9.78.